The molecule has 5 nitrogen and oxygen atoms in total. The molecule has 0 N–H and O–H groups in total. The number of esters is 1. The molecule has 1 saturated carbocycles. The summed E-state index contributed by atoms with van der Waals surface area (Å²) in [6, 6.07) is 1.80. The van der Waals surface area contributed by atoms with Crippen molar-refractivity contribution < 1.29 is 9.53 Å². The van der Waals surface area contributed by atoms with E-state index in [1.54, 1.807) is 10.6 Å². The largest absolute Gasteiger partial charge is 0.465 e. The normalized spacial score (nSPS) is 24.3. The lowest BCUT2D eigenvalue weighted by Gasteiger charge is -2.14. The SMILES string of the molecule is CCOC(=O)[C@]1(c2nc(I)c3c(C)cc(Cl)nn23)C[C@@H]1C. The molecule has 0 amide bonds. The molecule has 1 aliphatic rings. The molecule has 2 aromatic rings. The van der Waals surface area contributed by atoms with Gasteiger partial charge in [-0.15, -0.1) is 0 Å². The van der Waals surface area contributed by atoms with Gasteiger partial charge in [0.05, 0.1) is 6.61 Å². The van der Waals surface area contributed by atoms with Gasteiger partial charge in [0.1, 0.15) is 25.6 Å². The second kappa shape index (κ2) is 5.08. The molecule has 21 heavy (non-hydrogen) atoms. The van der Waals surface area contributed by atoms with Crippen LogP contribution in [0.25, 0.3) is 5.52 Å². The van der Waals surface area contributed by atoms with Gasteiger partial charge >= 0.3 is 5.97 Å². The minimum absolute atomic E-state index is 0.194. The van der Waals surface area contributed by atoms with E-state index in [1.165, 1.54) is 0 Å². The van der Waals surface area contributed by atoms with E-state index in [0.717, 1.165) is 21.2 Å². The van der Waals surface area contributed by atoms with Crippen LogP contribution in [0.4, 0.5) is 0 Å². The predicted octanol–water partition coefficient (Wildman–Crippen LogP) is 3.14. The summed E-state index contributed by atoms with van der Waals surface area (Å²) in [7, 11) is 0. The van der Waals surface area contributed by atoms with Crippen molar-refractivity contribution in [3.05, 3.63) is 26.3 Å². The van der Waals surface area contributed by atoms with Gasteiger partial charge in [-0.1, -0.05) is 18.5 Å². The molecule has 1 aliphatic carbocycles. The minimum atomic E-state index is -0.688. The fourth-order valence-electron chi connectivity index (χ4n) is 2.85. The molecule has 2 heterocycles. The highest BCUT2D eigenvalue weighted by molar-refractivity contribution is 14.1. The Bertz CT molecular complexity index is 745. The molecule has 0 radical (unpaired) electrons. The molecule has 0 aliphatic heterocycles. The van der Waals surface area contributed by atoms with Crippen LogP contribution in [0.1, 0.15) is 31.7 Å². The highest BCUT2D eigenvalue weighted by Gasteiger charge is 2.63. The molecule has 1 fully saturated rings. The van der Waals surface area contributed by atoms with Gasteiger partial charge in [0.2, 0.25) is 0 Å². The maximum atomic E-state index is 12.4. The Hall–Kier alpha value is -0.890. The van der Waals surface area contributed by atoms with Gasteiger partial charge in [-0.2, -0.15) is 5.10 Å². The van der Waals surface area contributed by atoms with E-state index in [4.69, 9.17) is 16.3 Å². The smallest absolute Gasteiger partial charge is 0.320 e. The Labute approximate surface area is 141 Å². The number of carbonyl (C=O) groups is 1. The van der Waals surface area contributed by atoms with Gasteiger partial charge in [0, 0.05) is 0 Å². The molecule has 3 rings (SSSR count). The van der Waals surface area contributed by atoms with Crippen molar-refractivity contribution in [2.45, 2.75) is 32.6 Å². The zero-order valence-corrected chi connectivity index (χ0v) is 14.9. The third-order valence-corrected chi connectivity index (χ3v) is 5.00. The van der Waals surface area contributed by atoms with Gasteiger partial charge in [0.25, 0.3) is 0 Å². The van der Waals surface area contributed by atoms with Crippen molar-refractivity contribution in [3.63, 3.8) is 0 Å². The summed E-state index contributed by atoms with van der Waals surface area (Å²) in [5.41, 5.74) is 1.20. The molecule has 0 bridgehead atoms. The number of rotatable bonds is 3. The second-order valence-electron chi connectivity index (χ2n) is 5.43. The number of nitrogens with zero attached hydrogens (tertiary/aromatic N) is 3. The monoisotopic (exact) mass is 419 g/mol. The zero-order valence-electron chi connectivity index (χ0n) is 12.0. The molecule has 0 spiro atoms. The van der Waals surface area contributed by atoms with Crippen LogP contribution in [-0.2, 0) is 14.9 Å². The van der Waals surface area contributed by atoms with Crippen molar-refractivity contribution in [2.24, 2.45) is 5.92 Å². The average Bonchev–Trinajstić information content (AvgIpc) is 2.96. The van der Waals surface area contributed by atoms with Gasteiger partial charge in [-0.05, 0) is 60.4 Å². The first kappa shape index (κ1) is 15.0. The quantitative estimate of drug-likeness (QED) is 0.566. The Morgan fingerprint density at radius 3 is 2.90 bits per heavy atom. The van der Waals surface area contributed by atoms with Crippen LogP contribution in [0.15, 0.2) is 6.07 Å². The first-order valence-electron chi connectivity index (χ1n) is 6.81. The van der Waals surface area contributed by atoms with Gasteiger partial charge < -0.3 is 4.74 Å². The number of imidazole rings is 1. The summed E-state index contributed by atoms with van der Waals surface area (Å²) in [5.74, 6) is 0.609. The molecular weight excluding hydrogens is 405 g/mol. The van der Waals surface area contributed by atoms with Crippen LogP contribution >= 0.6 is 34.2 Å². The van der Waals surface area contributed by atoms with Crippen LogP contribution < -0.4 is 0 Å². The lowest BCUT2D eigenvalue weighted by atomic mass is 10.0. The number of aromatic nitrogens is 3. The lowest BCUT2D eigenvalue weighted by Crippen LogP contribution is -2.28. The highest BCUT2D eigenvalue weighted by atomic mass is 127. The van der Waals surface area contributed by atoms with Gasteiger partial charge in [-0.3, -0.25) is 4.79 Å². The molecule has 0 unspecified atom stereocenters. The van der Waals surface area contributed by atoms with Crippen LogP contribution in [-0.4, -0.2) is 27.2 Å². The molecular formula is C14H15ClIN3O2. The first-order chi connectivity index (χ1) is 9.91. The molecule has 2 atom stereocenters. The van der Waals surface area contributed by atoms with Gasteiger partial charge in [-0.25, -0.2) is 9.50 Å². The van der Waals surface area contributed by atoms with E-state index in [0.29, 0.717) is 17.6 Å². The van der Waals surface area contributed by atoms with E-state index in [1.807, 2.05) is 20.8 Å². The number of fused-ring (bicyclic) bond motifs is 1. The average molecular weight is 420 g/mol. The fraction of sp³-hybridized carbons (Fsp3) is 0.500. The third kappa shape index (κ3) is 2.14. The first-order valence-corrected chi connectivity index (χ1v) is 8.26. The number of ether oxygens (including phenoxy) is 1. The molecule has 7 heteroatoms. The molecule has 0 saturated heterocycles. The summed E-state index contributed by atoms with van der Waals surface area (Å²) >= 11 is 8.24. The maximum absolute atomic E-state index is 12.4. The van der Waals surface area contributed by atoms with Crippen molar-refractivity contribution in [1.29, 1.82) is 0 Å². The van der Waals surface area contributed by atoms with Crippen LogP contribution in [0, 0.1) is 16.5 Å². The lowest BCUT2D eigenvalue weighted by molar-refractivity contribution is -0.146. The van der Waals surface area contributed by atoms with Crippen molar-refractivity contribution in [1.82, 2.24) is 14.6 Å². The topological polar surface area (TPSA) is 56.5 Å². The Morgan fingerprint density at radius 1 is 1.67 bits per heavy atom. The van der Waals surface area contributed by atoms with E-state index < -0.39 is 5.41 Å². The van der Waals surface area contributed by atoms with Crippen molar-refractivity contribution >= 4 is 45.7 Å². The summed E-state index contributed by atoms with van der Waals surface area (Å²) in [6.07, 6.45) is 0.730. The summed E-state index contributed by atoms with van der Waals surface area (Å²) < 4.78 is 7.79. The zero-order chi connectivity index (χ0) is 15.4. The standard InChI is InChI=1S/C14H15ClIN3O2/c1-4-21-13(20)14(6-8(14)3)12-17-11(16)10-7(2)5-9(15)18-19(10)12/h5,8H,4,6H2,1-3H3/t8-,14+/m0/s1. The molecule has 112 valence electrons. The second-order valence-corrected chi connectivity index (χ2v) is 6.84. The van der Waals surface area contributed by atoms with Gasteiger partial charge in [0.15, 0.2) is 0 Å². The number of hydrogen-bond donors (Lipinski definition) is 0. The summed E-state index contributed by atoms with van der Waals surface area (Å²) in [6.45, 7) is 6.17. The van der Waals surface area contributed by atoms with Crippen molar-refractivity contribution in [3.8, 4) is 0 Å². The Morgan fingerprint density at radius 2 is 2.33 bits per heavy atom. The minimum Gasteiger partial charge on any atom is -0.465 e. The molecule has 2 aromatic heterocycles. The maximum Gasteiger partial charge on any atom is 0.320 e. The van der Waals surface area contributed by atoms with E-state index >= 15 is 0 Å². The van der Waals surface area contributed by atoms with E-state index in [2.05, 4.69) is 32.7 Å². The predicted molar refractivity (Wildman–Crippen MR) is 87.5 cm³/mol. The summed E-state index contributed by atoms with van der Waals surface area (Å²) in [5, 5.41) is 4.74. The van der Waals surface area contributed by atoms with E-state index in [9.17, 15) is 4.79 Å². The number of halogens is 2. The number of aryl methyl sites for hydroxylation is 1. The summed E-state index contributed by atoms with van der Waals surface area (Å²) in [4.78, 5) is 17.0. The number of carbonyl (C=O) groups excluding carboxylic acids is 1. The Balaban J connectivity index is 2.23. The van der Waals surface area contributed by atoms with Crippen LogP contribution in [0.5, 0.6) is 0 Å². The third-order valence-electron chi connectivity index (χ3n) is 4.06. The van der Waals surface area contributed by atoms with E-state index in [-0.39, 0.29) is 11.9 Å². The van der Waals surface area contributed by atoms with Crippen LogP contribution in [0.3, 0.4) is 0 Å². The fourth-order valence-corrected chi connectivity index (χ4v) is 3.97. The highest BCUT2D eigenvalue weighted by Crippen LogP contribution is 2.54. The number of hydrogen-bond acceptors (Lipinski definition) is 4. The van der Waals surface area contributed by atoms with Crippen molar-refractivity contribution in [2.75, 3.05) is 6.61 Å². The molecule has 0 aromatic carbocycles. The Kier molecular flexibility index (Phi) is 3.64. The van der Waals surface area contributed by atoms with Crippen LogP contribution in [0.2, 0.25) is 5.15 Å².